The van der Waals surface area contributed by atoms with Crippen molar-refractivity contribution in [3.8, 4) is 0 Å². The first-order valence-corrected chi connectivity index (χ1v) is 4.90. The molecule has 0 bridgehead atoms. The summed E-state index contributed by atoms with van der Waals surface area (Å²) in [5, 5.41) is 1.18. The maximum atomic E-state index is 5.61. The molecule has 2 aromatic rings. The third kappa shape index (κ3) is 0.946. The van der Waals surface area contributed by atoms with Gasteiger partial charge in [-0.2, -0.15) is 0 Å². The van der Waals surface area contributed by atoms with Crippen molar-refractivity contribution in [3.63, 3.8) is 0 Å². The molecule has 0 radical (unpaired) electrons. The molecule has 1 saturated heterocycles. The van der Waals surface area contributed by atoms with E-state index in [1.807, 2.05) is 24.5 Å². The topological polar surface area (TPSA) is 22.4 Å². The van der Waals surface area contributed by atoms with Crippen LogP contribution in [0.15, 0.2) is 34.9 Å². The number of benzene rings is 1. The highest BCUT2D eigenvalue weighted by atomic mass is 16.5. The Bertz CT molecular complexity index is 466. The Balaban J connectivity index is 2.22. The lowest BCUT2D eigenvalue weighted by Gasteiger charge is -2.38. The average Bonchev–Trinajstić information content (AvgIpc) is 2.58. The Labute approximate surface area is 82.5 Å². The van der Waals surface area contributed by atoms with Crippen LogP contribution < -0.4 is 0 Å². The summed E-state index contributed by atoms with van der Waals surface area (Å²) in [5.74, 6) is 0. The normalized spacial score (nSPS) is 26.4. The van der Waals surface area contributed by atoms with Crippen LogP contribution in [0.3, 0.4) is 0 Å². The quantitative estimate of drug-likeness (QED) is 0.686. The van der Waals surface area contributed by atoms with E-state index in [-0.39, 0.29) is 5.60 Å². The maximum Gasteiger partial charge on any atom is 0.134 e. The van der Waals surface area contributed by atoms with Crippen LogP contribution in [0.25, 0.3) is 11.0 Å². The molecule has 2 heteroatoms. The molecule has 2 nitrogen and oxygen atoms in total. The summed E-state index contributed by atoms with van der Waals surface area (Å²) in [5.41, 5.74) is 2.01. The van der Waals surface area contributed by atoms with E-state index in [0.29, 0.717) is 0 Å². The molecule has 0 N–H and O–H groups in total. The van der Waals surface area contributed by atoms with Gasteiger partial charge < -0.3 is 9.15 Å². The second-order valence-electron chi connectivity index (χ2n) is 3.97. The van der Waals surface area contributed by atoms with E-state index in [4.69, 9.17) is 9.15 Å². The van der Waals surface area contributed by atoms with Crippen LogP contribution in [0, 0.1) is 0 Å². The van der Waals surface area contributed by atoms with Crippen molar-refractivity contribution in [1.82, 2.24) is 0 Å². The fourth-order valence-electron chi connectivity index (χ4n) is 2.01. The number of hydrogen-bond acceptors (Lipinski definition) is 2. The van der Waals surface area contributed by atoms with Gasteiger partial charge >= 0.3 is 0 Å². The van der Waals surface area contributed by atoms with Crippen molar-refractivity contribution in [1.29, 1.82) is 0 Å². The fraction of sp³-hybridized carbons (Fsp3) is 0.333. The van der Waals surface area contributed by atoms with Gasteiger partial charge in [-0.1, -0.05) is 18.2 Å². The average molecular weight is 188 g/mol. The van der Waals surface area contributed by atoms with Crippen LogP contribution in [-0.4, -0.2) is 6.61 Å². The first kappa shape index (κ1) is 8.06. The third-order valence-corrected chi connectivity index (χ3v) is 3.05. The number of para-hydroxylation sites is 1. The Morgan fingerprint density at radius 1 is 1.29 bits per heavy atom. The van der Waals surface area contributed by atoms with E-state index in [0.717, 1.165) is 18.6 Å². The van der Waals surface area contributed by atoms with Gasteiger partial charge in [-0.25, -0.2) is 0 Å². The minimum absolute atomic E-state index is 0.118. The van der Waals surface area contributed by atoms with Crippen molar-refractivity contribution in [3.05, 3.63) is 36.1 Å². The van der Waals surface area contributed by atoms with Gasteiger partial charge in [-0.05, 0) is 13.0 Å². The maximum absolute atomic E-state index is 5.61. The predicted molar refractivity (Wildman–Crippen MR) is 54.1 cm³/mol. The van der Waals surface area contributed by atoms with Crippen LogP contribution in [0.4, 0.5) is 0 Å². The van der Waals surface area contributed by atoms with E-state index in [1.165, 1.54) is 10.9 Å². The molecule has 0 spiro atoms. The highest BCUT2D eigenvalue weighted by Crippen LogP contribution is 2.40. The Hall–Kier alpha value is -1.28. The van der Waals surface area contributed by atoms with Gasteiger partial charge in [0, 0.05) is 17.4 Å². The second-order valence-corrected chi connectivity index (χ2v) is 3.97. The number of hydrogen-bond donors (Lipinski definition) is 0. The lowest BCUT2D eigenvalue weighted by molar-refractivity contribution is -0.140. The highest BCUT2D eigenvalue weighted by Gasteiger charge is 2.37. The second kappa shape index (κ2) is 2.61. The van der Waals surface area contributed by atoms with Gasteiger partial charge in [0.15, 0.2) is 0 Å². The molecule has 0 aliphatic carbocycles. The summed E-state index contributed by atoms with van der Waals surface area (Å²) in [4.78, 5) is 0. The molecule has 1 aliphatic rings. The van der Waals surface area contributed by atoms with E-state index in [2.05, 4.69) is 13.0 Å². The smallest absolute Gasteiger partial charge is 0.134 e. The lowest BCUT2D eigenvalue weighted by Crippen LogP contribution is -2.37. The molecule has 1 unspecified atom stereocenters. The SMILES string of the molecule is CC1(c2coc3ccccc23)CCO1. The number of ether oxygens (including phenoxy) is 1. The summed E-state index contributed by atoms with van der Waals surface area (Å²) < 4.78 is 11.1. The van der Waals surface area contributed by atoms with Crippen LogP contribution in [-0.2, 0) is 10.3 Å². The Morgan fingerprint density at radius 3 is 2.79 bits per heavy atom. The molecule has 14 heavy (non-hydrogen) atoms. The molecule has 0 saturated carbocycles. The molecule has 3 rings (SSSR count). The van der Waals surface area contributed by atoms with Gasteiger partial charge in [0.05, 0.1) is 18.5 Å². The summed E-state index contributed by atoms with van der Waals surface area (Å²) >= 11 is 0. The molecule has 1 fully saturated rings. The fourth-order valence-corrected chi connectivity index (χ4v) is 2.01. The van der Waals surface area contributed by atoms with E-state index in [9.17, 15) is 0 Å². The van der Waals surface area contributed by atoms with E-state index >= 15 is 0 Å². The van der Waals surface area contributed by atoms with E-state index < -0.39 is 0 Å². The van der Waals surface area contributed by atoms with Crippen molar-refractivity contribution in [2.75, 3.05) is 6.61 Å². The van der Waals surface area contributed by atoms with Crippen LogP contribution in [0.2, 0.25) is 0 Å². The predicted octanol–water partition coefficient (Wildman–Crippen LogP) is 3.07. The van der Waals surface area contributed by atoms with Gasteiger partial charge in [0.25, 0.3) is 0 Å². The standard InChI is InChI=1S/C12H12O2/c1-12(6-7-14-12)10-8-13-11-5-3-2-4-9(10)11/h2-5,8H,6-7H2,1H3. The molecule has 0 amide bonds. The van der Waals surface area contributed by atoms with Crippen molar-refractivity contribution in [2.24, 2.45) is 0 Å². The van der Waals surface area contributed by atoms with Crippen molar-refractivity contribution in [2.45, 2.75) is 18.9 Å². The van der Waals surface area contributed by atoms with Crippen LogP contribution >= 0.6 is 0 Å². The number of fused-ring (bicyclic) bond motifs is 1. The van der Waals surface area contributed by atoms with E-state index in [1.54, 1.807) is 0 Å². The molecule has 1 aliphatic heterocycles. The number of furan rings is 1. The zero-order valence-corrected chi connectivity index (χ0v) is 8.12. The number of rotatable bonds is 1. The summed E-state index contributed by atoms with van der Waals surface area (Å²) in [6.45, 7) is 2.98. The summed E-state index contributed by atoms with van der Waals surface area (Å²) in [7, 11) is 0. The lowest BCUT2D eigenvalue weighted by atomic mass is 9.88. The van der Waals surface area contributed by atoms with Gasteiger partial charge in [0.2, 0.25) is 0 Å². The van der Waals surface area contributed by atoms with Crippen LogP contribution in [0.5, 0.6) is 0 Å². The van der Waals surface area contributed by atoms with Gasteiger partial charge in [-0.15, -0.1) is 0 Å². The van der Waals surface area contributed by atoms with Gasteiger partial charge in [0.1, 0.15) is 5.58 Å². The summed E-state index contributed by atoms with van der Waals surface area (Å²) in [6.07, 6.45) is 2.90. The minimum atomic E-state index is -0.118. The van der Waals surface area contributed by atoms with Gasteiger partial charge in [-0.3, -0.25) is 0 Å². The largest absolute Gasteiger partial charge is 0.464 e. The molecular weight excluding hydrogens is 176 g/mol. The molecule has 1 atom stereocenters. The minimum Gasteiger partial charge on any atom is -0.464 e. The monoisotopic (exact) mass is 188 g/mol. The third-order valence-electron chi connectivity index (χ3n) is 3.05. The first-order valence-electron chi connectivity index (χ1n) is 4.90. The molecular formula is C12H12O2. The Morgan fingerprint density at radius 2 is 2.07 bits per heavy atom. The zero-order valence-electron chi connectivity index (χ0n) is 8.12. The zero-order chi connectivity index (χ0) is 9.60. The van der Waals surface area contributed by atoms with Crippen LogP contribution in [0.1, 0.15) is 18.9 Å². The highest BCUT2D eigenvalue weighted by molar-refractivity contribution is 5.81. The Kier molecular flexibility index (Phi) is 1.50. The summed E-state index contributed by atoms with van der Waals surface area (Å²) in [6, 6.07) is 8.09. The van der Waals surface area contributed by atoms with Crippen molar-refractivity contribution >= 4 is 11.0 Å². The van der Waals surface area contributed by atoms with Crippen molar-refractivity contribution < 1.29 is 9.15 Å². The molecule has 2 heterocycles. The first-order chi connectivity index (χ1) is 6.80. The molecule has 1 aromatic carbocycles. The molecule has 72 valence electrons. The molecule has 1 aromatic heterocycles.